The summed E-state index contributed by atoms with van der Waals surface area (Å²) in [6.45, 7) is 12.0. The van der Waals surface area contributed by atoms with E-state index in [1.54, 1.807) is 0 Å². The van der Waals surface area contributed by atoms with E-state index in [4.69, 9.17) is 0 Å². The van der Waals surface area contributed by atoms with Crippen LogP contribution in [0.3, 0.4) is 0 Å². The fourth-order valence-corrected chi connectivity index (χ4v) is 2.63. The van der Waals surface area contributed by atoms with Crippen LogP contribution in [0.15, 0.2) is 0 Å². The second-order valence-corrected chi connectivity index (χ2v) is 5.32. The molecule has 16 heavy (non-hydrogen) atoms. The van der Waals surface area contributed by atoms with Crippen LogP contribution in [0.5, 0.6) is 0 Å². The summed E-state index contributed by atoms with van der Waals surface area (Å²) in [7, 11) is 4.29. The van der Waals surface area contributed by atoms with Crippen LogP contribution in [-0.2, 0) is 0 Å². The van der Waals surface area contributed by atoms with Gasteiger partial charge in [0.05, 0.1) is 0 Å². The average Bonchev–Trinajstić information content (AvgIpc) is 2.31. The van der Waals surface area contributed by atoms with E-state index < -0.39 is 0 Å². The molecule has 0 saturated carbocycles. The van der Waals surface area contributed by atoms with E-state index in [2.05, 4.69) is 43.1 Å². The van der Waals surface area contributed by atoms with E-state index in [9.17, 15) is 0 Å². The Labute approximate surface area is 101 Å². The highest BCUT2D eigenvalue weighted by molar-refractivity contribution is 4.84. The first-order valence-corrected chi connectivity index (χ1v) is 6.71. The Balaban J connectivity index is 2.47. The van der Waals surface area contributed by atoms with Crippen LogP contribution in [-0.4, -0.2) is 63.2 Å². The summed E-state index contributed by atoms with van der Waals surface area (Å²) in [6.07, 6.45) is 2.55. The van der Waals surface area contributed by atoms with Crippen molar-refractivity contribution >= 4 is 0 Å². The third-order valence-electron chi connectivity index (χ3n) is 4.21. The lowest BCUT2D eigenvalue weighted by Crippen LogP contribution is -2.50. The Morgan fingerprint density at radius 1 is 1.06 bits per heavy atom. The third-order valence-corrected chi connectivity index (χ3v) is 4.21. The standard InChI is InChI=1S/C13H29N3/c1-5-13(6-2,11-14-3)12-16-9-7-15(4)8-10-16/h14H,5-12H2,1-4H3. The number of likely N-dealkylation sites (N-methyl/N-ethyl adjacent to an activating group) is 1. The van der Waals surface area contributed by atoms with Crippen LogP contribution in [0.4, 0.5) is 0 Å². The Morgan fingerprint density at radius 3 is 2.06 bits per heavy atom. The highest BCUT2D eigenvalue weighted by Crippen LogP contribution is 2.27. The third kappa shape index (κ3) is 3.72. The topological polar surface area (TPSA) is 18.5 Å². The number of piperazine rings is 1. The van der Waals surface area contributed by atoms with Crippen molar-refractivity contribution in [2.75, 3.05) is 53.4 Å². The zero-order chi connectivity index (χ0) is 12.0. The molecule has 1 rings (SSSR count). The molecule has 0 radical (unpaired) electrons. The summed E-state index contributed by atoms with van der Waals surface area (Å²) < 4.78 is 0. The van der Waals surface area contributed by atoms with Crippen molar-refractivity contribution < 1.29 is 0 Å². The molecule has 0 aliphatic carbocycles. The van der Waals surface area contributed by atoms with Crippen LogP contribution in [0.25, 0.3) is 0 Å². The predicted molar refractivity (Wildman–Crippen MR) is 70.9 cm³/mol. The molecule has 0 amide bonds. The van der Waals surface area contributed by atoms with E-state index in [0.717, 1.165) is 6.54 Å². The van der Waals surface area contributed by atoms with Gasteiger partial charge in [-0.2, -0.15) is 0 Å². The molecule has 1 fully saturated rings. The van der Waals surface area contributed by atoms with Gasteiger partial charge in [-0.25, -0.2) is 0 Å². The molecule has 0 unspecified atom stereocenters. The molecule has 1 heterocycles. The van der Waals surface area contributed by atoms with Gasteiger partial charge in [0.2, 0.25) is 0 Å². The second-order valence-electron chi connectivity index (χ2n) is 5.32. The second kappa shape index (κ2) is 6.58. The molecule has 1 saturated heterocycles. The van der Waals surface area contributed by atoms with Crippen molar-refractivity contribution in [3.63, 3.8) is 0 Å². The van der Waals surface area contributed by atoms with Gasteiger partial charge in [-0.05, 0) is 32.4 Å². The minimum Gasteiger partial charge on any atom is -0.319 e. The Hall–Kier alpha value is -0.120. The number of nitrogens with zero attached hydrogens (tertiary/aromatic N) is 2. The molecule has 96 valence electrons. The van der Waals surface area contributed by atoms with Crippen LogP contribution >= 0.6 is 0 Å². The lowest BCUT2D eigenvalue weighted by molar-refractivity contribution is 0.0895. The molecule has 3 nitrogen and oxygen atoms in total. The average molecular weight is 227 g/mol. The summed E-state index contributed by atoms with van der Waals surface area (Å²) in [5, 5.41) is 3.37. The molecule has 1 aliphatic heterocycles. The summed E-state index contributed by atoms with van der Waals surface area (Å²) in [5.74, 6) is 0. The van der Waals surface area contributed by atoms with Gasteiger partial charge in [0.1, 0.15) is 0 Å². The first-order valence-electron chi connectivity index (χ1n) is 6.71. The molecule has 0 spiro atoms. The zero-order valence-corrected chi connectivity index (χ0v) is 11.6. The highest BCUT2D eigenvalue weighted by Gasteiger charge is 2.29. The molecular formula is C13H29N3. The zero-order valence-electron chi connectivity index (χ0n) is 11.6. The monoisotopic (exact) mass is 227 g/mol. The smallest absolute Gasteiger partial charge is 0.0110 e. The van der Waals surface area contributed by atoms with E-state index in [0.29, 0.717) is 5.41 Å². The normalized spacial score (nSPS) is 20.2. The van der Waals surface area contributed by atoms with Crippen LogP contribution < -0.4 is 5.32 Å². The van der Waals surface area contributed by atoms with Crippen molar-refractivity contribution in [3.8, 4) is 0 Å². The summed E-state index contributed by atoms with van der Waals surface area (Å²) in [6, 6.07) is 0. The quantitative estimate of drug-likeness (QED) is 0.737. The largest absolute Gasteiger partial charge is 0.319 e. The van der Waals surface area contributed by atoms with Gasteiger partial charge in [0, 0.05) is 39.3 Å². The van der Waals surface area contributed by atoms with Gasteiger partial charge in [-0.1, -0.05) is 13.8 Å². The molecule has 0 aromatic rings. The van der Waals surface area contributed by atoms with Crippen LogP contribution in [0.1, 0.15) is 26.7 Å². The van der Waals surface area contributed by atoms with Crippen molar-refractivity contribution in [3.05, 3.63) is 0 Å². The van der Waals surface area contributed by atoms with Crippen molar-refractivity contribution in [2.24, 2.45) is 5.41 Å². The molecule has 1 aliphatic rings. The number of hydrogen-bond donors (Lipinski definition) is 1. The van der Waals surface area contributed by atoms with Gasteiger partial charge in [-0.15, -0.1) is 0 Å². The first-order chi connectivity index (χ1) is 7.65. The van der Waals surface area contributed by atoms with E-state index in [1.165, 1.54) is 45.6 Å². The molecule has 1 N–H and O–H groups in total. The lowest BCUT2D eigenvalue weighted by Gasteiger charge is -2.40. The number of nitrogens with one attached hydrogen (secondary N) is 1. The van der Waals surface area contributed by atoms with Gasteiger partial charge in [0.25, 0.3) is 0 Å². The number of hydrogen-bond acceptors (Lipinski definition) is 3. The Kier molecular flexibility index (Phi) is 5.73. The van der Waals surface area contributed by atoms with Gasteiger partial charge in [0.15, 0.2) is 0 Å². The predicted octanol–water partition coefficient (Wildman–Crippen LogP) is 1.26. The molecule has 0 aromatic carbocycles. The van der Waals surface area contributed by atoms with Gasteiger partial charge < -0.3 is 15.1 Å². The minimum atomic E-state index is 0.477. The molecule has 0 atom stereocenters. The molecule has 0 bridgehead atoms. The summed E-state index contributed by atoms with van der Waals surface area (Å²) in [4.78, 5) is 5.07. The fourth-order valence-electron chi connectivity index (χ4n) is 2.63. The Morgan fingerprint density at radius 2 is 1.62 bits per heavy atom. The van der Waals surface area contributed by atoms with Gasteiger partial charge in [-0.3, -0.25) is 0 Å². The van der Waals surface area contributed by atoms with E-state index in [1.807, 2.05) is 0 Å². The van der Waals surface area contributed by atoms with E-state index in [-0.39, 0.29) is 0 Å². The SMILES string of the molecule is CCC(CC)(CNC)CN1CCN(C)CC1. The summed E-state index contributed by atoms with van der Waals surface area (Å²) >= 11 is 0. The first kappa shape index (κ1) is 13.9. The van der Waals surface area contributed by atoms with Crippen molar-refractivity contribution in [2.45, 2.75) is 26.7 Å². The summed E-state index contributed by atoms with van der Waals surface area (Å²) in [5.41, 5.74) is 0.477. The molecule has 3 heteroatoms. The van der Waals surface area contributed by atoms with Crippen LogP contribution in [0.2, 0.25) is 0 Å². The fraction of sp³-hybridized carbons (Fsp3) is 1.00. The van der Waals surface area contributed by atoms with Crippen LogP contribution in [0, 0.1) is 5.41 Å². The van der Waals surface area contributed by atoms with E-state index >= 15 is 0 Å². The maximum atomic E-state index is 3.37. The number of rotatable bonds is 6. The maximum absolute atomic E-state index is 3.37. The van der Waals surface area contributed by atoms with Crippen molar-refractivity contribution in [1.82, 2.24) is 15.1 Å². The lowest BCUT2D eigenvalue weighted by atomic mass is 9.81. The minimum absolute atomic E-state index is 0.477. The Bertz CT molecular complexity index is 182. The molecule has 0 aromatic heterocycles. The molecular weight excluding hydrogens is 198 g/mol. The highest BCUT2D eigenvalue weighted by atomic mass is 15.2. The van der Waals surface area contributed by atoms with Crippen molar-refractivity contribution in [1.29, 1.82) is 0 Å². The maximum Gasteiger partial charge on any atom is 0.0110 e. The van der Waals surface area contributed by atoms with Gasteiger partial charge >= 0.3 is 0 Å².